The summed E-state index contributed by atoms with van der Waals surface area (Å²) in [6.45, 7) is 1.57. The number of aliphatic hydroxyl groups is 11. The van der Waals surface area contributed by atoms with Gasteiger partial charge < -0.3 is 89.9 Å². The van der Waals surface area contributed by atoms with Crippen LogP contribution in [0.2, 0.25) is 0 Å². The average Bonchev–Trinajstić information content (AvgIpc) is 3.45. The zero-order valence-electron chi connectivity index (χ0n) is 48.1. The third kappa shape index (κ3) is 27.5. The van der Waals surface area contributed by atoms with E-state index in [2.05, 4.69) is 43.5 Å². The molecule has 0 aromatic carbocycles. The SMILES string of the molecule is CC/C=C/CC/C=C/CC/C=C/C(O)C(COC1OC(CO)C(OC2OC(CO)C(OC3OC(CO)C(O)C(O)C3O)C(O)C2O)C(O)C1O)NC(=O)CCCCCCCCCCCCCCCCCCCCCCCCCC. The summed E-state index contributed by atoms with van der Waals surface area (Å²) in [6, 6.07) is -0.991. The molecule has 3 fully saturated rings. The highest BCUT2D eigenvalue weighted by atomic mass is 16.8. The molecule has 3 aliphatic heterocycles. The van der Waals surface area contributed by atoms with E-state index in [0.717, 1.165) is 44.9 Å². The van der Waals surface area contributed by atoms with Crippen LogP contribution in [0, 0.1) is 0 Å². The maximum absolute atomic E-state index is 13.3. The van der Waals surface area contributed by atoms with Crippen LogP contribution in [-0.4, -0.2) is 193 Å². The Morgan fingerprint density at radius 1 is 0.456 bits per heavy atom. The number of carbonyl (C=O) groups is 1. The molecule has 3 aliphatic rings. The van der Waals surface area contributed by atoms with Crippen LogP contribution in [0.25, 0.3) is 0 Å². The van der Waals surface area contributed by atoms with Gasteiger partial charge in [0.2, 0.25) is 5.91 Å². The van der Waals surface area contributed by atoms with E-state index in [9.17, 15) is 61.0 Å². The number of unbranched alkanes of at least 4 members (excludes halogenated alkanes) is 25. The molecule has 3 heterocycles. The first-order valence-electron chi connectivity index (χ1n) is 30.7. The molecule has 3 saturated heterocycles. The van der Waals surface area contributed by atoms with Crippen molar-refractivity contribution in [2.75, 3.05) is 26.4 Å². The molecule has 0 aromatic rings. The molecule has 3 rings (SSSR count). The Kier molecular flexibility index (Phi) is 39.4. The van der Waals surface area contributed by atoms with Gasteiger partial charge in [-0.3, -0.25) is 4.79 Å². The molecular formula is C60H109NO18. The molecule has 17 unspecified atom stereocenters. The third-order valence-electron chi connectivity index (χ3n) is 15.4. The Morgan fingerprint density at radius 3 is 1.25 bits per heavy atom. The molecular weight excluding hydrogens is 1020 g/mol. The van der Waals surface area contributed by atoms with Crippen LogP contribution < -0.4 is 5.32 Å². The zero-order chi connectivity index (χ0) is 57.6. The Labute approximate surface area is 472 Å². The highest BCUT2D eigenvalue weighted by molar-refractivity contribution is 5.76. The molecule has 462 valence electrons. The van der Waals surface area contributed by atoms with Crippen molar-refractivity contribution >= 4 is 5.91 Å². The fourth-order valence-electron chi connectivity index (χ4n) is 10.4. The molecule has 17 atom stereocenters. The Hall–Kier alpha value is -1.99. The number of amides is 1. The topological polar surface area (TPSA) is 307 Å². The summed E-state index contributed by atoms with van der Waals surface area (Å²) >= 11 is 0. The number of hydrogen-bond donors (Lipinski definition) is 12. The zero-order valence-corrected chi connectivity index (χ0v) is 48.1. The van der Waals surface area contributed by atoms with Crippen LogP contribution in [0.1, 0.15) is 206 Å². The molecule has 0 radical (unpaired) electrons. The van der Waals surface area contributed by atoms with Crippen LogP contribution >= 0.6 is 0 Å². The molecule has 0 saturated carbocycles. The van der Waals surface area contributed by atoms with Gasteiger partial charge in [0, 0.05) is 6.42 Å². The number of carbonyl (C=O) groups excluding carboxylic acids is 1. The van der Waals surface area contributed by atoms with Gasteiger partial charge in [0.25, 0.3) is 0 Å². The minimum atomic E-state index is -1.98. The first-order valence-corrected chi connectivity index (χ1v) is 30.7. The summed E-state index contributed by atoms with van der Waals surface area (Å²) < 4.78 is 34.2. The summed E-state index contributed by atoms with van der Waals surface area (Å²) in [7, 11) is 0. The lowest BCUT2D eigenvalue weighted by molar-refractivity contribution is -0.379. The third-order valence-corrected chi connectivity index (χ3v) is 15.4. The van der Waals surface area contributed by atoms with Crippen molar-refractivity contribution in [3.63, 3.8) is 0 Å². The van der Waals surface area contributed by atoms with Gasteiger partial charge in [-0.2, -0.15) is 0 Å². The number of aliphatic hydroxyl groups excluding tert-OH is 11. The largest absolute Gasteiger partial charge is 0.394 e. The predicted molar refractivity (Wildman–Crippen MR) is 300 cm³/mol. The summed E-state index contributed by atoms with van der Waals surface area (Å²) in [6.07, 6.45) is 20.2. The van der Waals surface area contributed by atoms with E-state index in [1.807, 2.05) is 6.08 Å². The van der Waals surface area contributed by atoms with Crippen LogP contribution in [0.3, 0.4) is 0 Å². The van der Waals surface area contributed by atoms with E-state index in [0.29, 0.717) is 12.8 Å². The van der Waals surface area contributed by atoms with Crippen molar-refractivity contribution in [2.45, 2.75) is 311 Å². The maximum atomic E-state index is 13.3. The van der Waals surface area contributed by atoms with Crippen molar-refractivity contribution in [2.24, 2.45) is 0 Å². The van der Waals surface area contributed by atoms with E-state index in [1.165, 1.54) is 128 Å². The number of hydrogen-bond acceptors (Lipinski definition) is 18. The van der Waals surface area contributed by atoms with Crippen LogP contribution in [0.4, 0.5) is 0 Å². The predicted octanol–water partition coefficient (Wildman–Crippen LogP) is 5.71. The maximum Gasteiger partial charge on any atom is 0.220 e. The van der Waals surface area contributed by atoms with E-state index < -0.39 is 124 Å². The van der Waals surface area contributed by atoms with Crippen molar-refractivity contribution in [1.82, 2.24) is 5.32 Å². The molecule has 12 N–H and O–H groups in total. The second-order valence-corrected chi connectivity index (χ2v) is 22.1. The van der Waals surface area contributed by atoms with Gasteiger partial charge in [0.15, 0.2) is 18.9 Å². The van der Waals surface area contributed by atoms with Gasteiger partial charge in [0.1, 0.15) is 73.2 Å². The highest BCUT2D eigenvalue weighted by Gasteiger charge is 2.53. The van der Waals surface area contributed by atoms with Crippen molar-refractivity contribution in [3.8, 4) is 0 Å². The first kappa shape index (κ1) is 71.3. The quantitative estimate of drug-likeness (QED) is 0.0257. The van der Waals surface area contributed by atoms with E-state index in [1.54, 1.807) is 6.08 Å². The van der Waals surface area contributed by atoms with Gasteiger partial charge in [-0.15, -0.1) is 0 Å². The lowest BCUT2D eigenvalue weighted by Gasteiger charge is -2.48. The molecule has 0 bridgehead atoms. The smallest absolute Gasteiger partial charge is 0.220 e. The van der Waals surface area contributed by atoms with Crippen LogP contribution in [0.15, 0.2) is 36.5 Å². The summed E-state index contributed by atoms with van der Waals surface area (Å²) in [5, 5.41) is 120. The molecule has 0 spiro atoms. The summed E-state index contributed by atoms with van der Waals surface area (Å²) in [4.78, 5) is 13.3. The Balaban J connectivity index is 1.43. The number of allylic oxidation sites excluding steroid dienone is 5. The molecule has 19 nitrogen and oxygen atoms in total. The molecule has 0 aliphatic carbocycles. The Bertz CT molecular complexity index is 1590. The molecule has 19 heteroatoms. The standard InChI is InChI=1S/C60H109NO18/c1-3-5-7-9-11-13-15-16-17-18-19-20-21-22-23-24-25-26-27-28-30-32-34-36-38-48(66)61-43(44(65)37-35-33-31-29-14-12-10-8-6-4-2)42-74-58-54(72)51(69)56(46(40-63)76-58)79-60-55(73)52(70)57(47(41-64)77-60)78-59-53(71)50(68)49(67)45(39-62)75-59/h6,8,14,29,35,37,43-47,49-60,62-65,67-73H,3-5,7,9-13,15-28,30-34,36,38-42H2,1-2H3,(H,61,66)/b8-6+,29-14+,37-35+. The van der Waals surface area contributed by atoms with Crippen LogP contribution in [-0.2, 0) is 33.2 Å². The summed E-state index contributed by atoms with van der Waals surface area (Å²) in [5.74, 6) is -0.290. The molecule has 79 heavy (non-hydrogen) atoms. The van der Waals surface area contributed by atoms with Gasteiger partial charge in [-0.05, 0) is 38.5 Å². The summed E-state index contributed by atoms with van der Waals surface area (Å²) in [5.41, 5.74) is 0. The normalized spacial score (nSPS) is 30.5. The number of rotatable bonds is 45. The van der Waals surface area contributed by atoms with Gasteiger partial charge >= 0.3 is 0 Å². The van der Waals surface area contributed by atoms with E-state index in [4.69, 9.17) is 28.4 Å². The second kappa shape index (κ2) is 43.6. The fraction of sp³-hybridized carbons (Fsp3) is 0.883. The fourth-order valence-corrected chi connectivity index (χ4v) is 10.4. The second-order valence-electron chi connectivity index (χ2n) is 22.1. The first-order chi connectivity index (χ1) is 38.3. The van der Waals surface area contributed by atoms with Gasteiger partial charge in [-0.25, -0.2) is 0 Å². The molecule has 0 aromatic heterocycles. The van der Waals surface area contributed by atoms with Gasteiger partial charge in [0.05, 0.1) is 38.6 Å². The van der Waals surface area contributed by atoms with Crippen LogP contribution in [0.5, 0.6) is 0 Å². The lowest BCUT2D eigenvalue weighted by Crippen LogP contribution is -2.66. The highest BCUT2D eigenvalue weighted by Crippen LogP contribution is 2.33. The molecule has 1 amide bonds. The Morgan fingerprint density at radius 2 is 0.823 bits per heavy atom. The monoisotopic (exact) mass is 1130 g/mol. The van der Waals surface area contributed by atoms with E-state index >= 15 is 0 Å². The minimum Gasteiger partial charge on any atom is -0.394 e. The van der Waals surface area contributed by atoms with Gasteiger partial charge in [-0.1, -0.05) is 198 Å². The van der Waals surface area contributed by atoms with Crippen molar-refractivity contribution in [3.05, 3.63) is 36.5 Å². The number of ether oxygens (including phenoxy) is 6. The van der Waals surface area contributed by atoms with Crippen molar-refractivity contribution < 1.29 is 89.4 Å². The number of nitrogens with one attached hydrogen (secondary N) is 1. The average molecular weight is 1130 g/mol. The lowest BCUT2D eigenvalue weighted by atomic mass is 9.96. The van der Waals surface area contributed by atoms with Crippen molar-refractivity contribution in [1.29, 1.82) is 0 Å². The van der Waals surface area contributed by atoms with E-state index in [-0.39, 0.29) is 18.9 Å². The minimum absolute atomic E-state index is 0.235.